The van der Waals surface area contributed by atoms with E-state index in [0.29, 0.717) is 0 Å². The molecule has 0 radical (unpaired) electrons. The molecule has 0 aliphatic heterocycles. The molecule has 5 heteroatoms. The first kappa shape index (κ1) is 8.89. The second-order valence-electron chi connectivity index (χ2n) is 3.10. The Kier molecular flexibility index (Phi) is 2.17. The van der Waals surface area contributed by atoms with Gasteiger partial charge in [-0.3, -0.25) is 0 Å². The topological polar surface area (TPSA) is 107 Å². The lowest BCUT2D eigenvalue weighted by Crippen LogP contribution is -2.52. The number of aliphatic hydroxyl groups excluding tert-OH is 4. The number of aliphatic hydroxyl groups is 4. The van der Waals surface area contributed by atoms with Gasteiger partial charge in [0.25, 0.3) is 0 Å². The maximum Gasteiger partial charge on any atom is 0.108 e. The Bertz CT molecular complexity index is 154. The van der Waals surface area contributed by atoms with Crippen molar-refractivity contribution < 1.29 is 20.4 Å². The van der Waals surface area contributed by atoms with Gasteiger partial charge in [0.05, 0.1) is 18.2 Å². The first-order valence-electron chi connectivity index (χ1n) is 3.45. The lowest BCUT2D eigenvalue weighted by molar-refractivity contribution is -0.0355. The molecule has 6 N–H and O–H groups in total. The van der Waals surface area contributed by atoms with Gasteiger partial charge in [0.15, 0.2) is 0 Å². The van der Waals surface area contributed by atoms with Crippen LogP contribution in [-0.4, -0.2) is 50.9 Å². The Balaban J connectivity index is 2.73. The van der Waals surface area contributed by atoms with Crippen LogP contribution in [0.5, 0.6) is 0 Å². The van der Waals surface area contributed by atoms with Gasteiger partial charge in [-0.15, -0.1) is 0 Å². The molecule has 1 fully saturated rings. The maximum absolute atomic E-state index is 9.19. The molecule has 0 aromatic rings. The van der Waals surface area contributed by atoms with Crippen molar-refractivity contribution in [3.8, 4) is 0 Å². The van der Waals surface area contributed by atoms with E-state index in [9.17, 15) is 5.11 Å². The number of hydrogen-bond acceptors (Lipinski definition) is 5. The molecule has 1 aliphatic carbocycles. The highest BCUT2D eigenvalue weighted by Gasteiger charge is 2.49. The quantitative estimate of drug-likeness (QED) is 0.286. The van der Waals surface area contributed by atoms with Crippen LogP contribution in [0.25, 0.3) is 0 Å². The Labute approximate surface area is 64.1 Å². The molecule has 0 aromatic heterocycles. The Morgan fingerprint density at radius 3 is 2.09 bits per heavy atom. The van der Waals surface area contributed by atoms with Gasteiger partial charge < -0.3 is 26.2 Å². The molecule has 0 amide bonds. The first-order valence-corrected chi connectivity index (χ1v) is 3.45. The molecule has 66 valence electrons. The molecule has 0 saturated heterocycles. The third kappa shape index (κ3) is 1.25. The molecule has 1 aliphatic rings. The second kappa shape index (κ2) is 2.69. The Hall–Kier alpha value is -0.200. The SMILES string of the molecule is N[C@]1(CO)C[C@H](O)[C@H](O)[C@H]1O. The minimum atomic E-state index is -1.25. The Morgan fingerprint density at radius 2 is 1.91 bits per heavy atom. The van der Waals surface area contributed by atoms with Gasteiger partial charge in [0.1, 0.15) is 12.2 Å². The molecule has 11 heavy (non-hydrogen) atoms. The van der Waals surface area contributed by atoms with Crippen LogP contribution in [-0.2, 0) is 0 Å². The Morgan fingerprint density at radius 1 is 1.36 bits per heavy atom. The van der Waals surface area contributed by atoms with Crippen LogP contribution in [0.3, 0.4) is 0 Å². The summed E-state index contributed by atoms with van der Waals surface area (Å²) in [5.41, 5.74) is 4.21. The summed E-state index contributed by atoms with van der Waals surface area (Å²) in [4.78, 5) is 0. The summed E-state index contributed by atoms with van der Waals surface area (Å²) in [5, 5.41) is 36.0. The van der Waals surface area contributed by atoms with E-state index in [4.69, 9.17) is 21.1 Å². The minimum Gasteiger partial charge on any atom is -0.394 e. The first-order chi connectivity index (χ1) is 5.01. The molecule has 5 nitrogen and oxygen atoms in total. The van der Waals surface area contributed by atoms with Gasteiger partial charge in [0, 0.05) is 0 Å². The van der Waals surface area contributed by atoms with Crippen LogP contribution in [0.1, 0.15) is 6.42 Å². The van der Waals surface area contributed by atoms with Crippen molar-refractivity contribution in [3.63, 3.8) is 0 Å². The monoisotopic (exact) mass is 163 g/mol. The van der Waals surface area contributed by atoms with Crippen molar-refractivity contribution in [2.24, 2.45) is 5.73 Å². The smallest absolute Gasteiger partial charge is 0.108 e. The molecule has 1 rings (SSSR count). The fourth-order valence-electron chi connectivity index (χ4n) is 1.34. The van der Waals surface area contributed by atoms with Crippen molar-refractivity contribution in [1.29, 1.82) is 0 Å². The third-order valence-corrected chi connectivity index (χ3v) is 2.19. The molecule has 0 aromatic carbocycles. The average molecular weight is 163 g/mol. The van der Waals surface area contributed by atoms with Gasteiger partial charge in [-0.25, -0.2) is 0 Å². The highest BCUT2D eigenvalue weighted by molar-refractivity contribution is 5.05. The van der Waals surface area contributed by atoms with Crippen LogP contribution in [0.4, 0.5) is 0 Å². The predicted molar refractivity (Wildman–Crippen MR) is 36.6 cm³/mol. The summed E-state index contributed by atoms with van der Waals surface area (Å²) in [7, 11) is 0. The number of nitrogens with two attached hydrogens (primary N) is 1. The lowest BCUT2D eigenvalue weighted by atomic mass is 9.98. The maximum atomic E-state index is 9.19. The van der Waals surface area contributed by atoms with E-state index in [1.54, 1.807) is 0 Å². The van der Waals surface area contributed by atoms with Crippen LogP contribution in [0.2, 0.25) is 0 Å². The van der Waals surface area contributed by atoms with Gasteiger partial charge in [-0.05, 0) is 6.42 Å². The van der Waals surface area contributed by atoms with E-state index >= 15 is 0 Å². The van der Waals surface area contributed by atoms with Crippen LogP contribution in [0, 0.1) is 0 Å². The largest absolute Gasteiger partial charge is 0.394 e. The van der Waals surface area contributed by atoms with Crippen molar-refractivity contribution >= 4 is 0 Å². The fraction of sp³-hybridized carbons (Fsp3) is 1.00. The summed E-state index contributed by atoms with van der Waals surface area (Å²) in [6.07, 6.45) is -3.51. The van der Waals surface area contributed by atoms with Gasteiger partial charge in [0.2, 0.25) is 0 Å². The number of hydrogen-bond donors (Lipinski definition) is 5. The van der Waals surface area contributed by atoms with Gasteiger partial charge >= 0.3 is 0 Å². The summed E-state index contributed by atoms with van der Waals surface area (Å²) in [6.45, 7) is -0.442. The molecule has 0 unspecified atom stereocenters. The average Bonchev–Trinajstić information content (AvgIpc) is 2.17. The van der Waals surface area contributed by atoms with Crippen LogP contribution < -0.4 is 5.73 Å². The van der Waals surface area contributed by atoms with E-state index in [1.807, 2.05) is 0 Å². The molecule has 1 saturated carbocycles. The van der Waals surface area contributed by atoms with Crippen LogP contribution >= 0.6 is 0 Å². The van der Waals surface area contributed by atoms with E-state index in [2.05, 4.69) is 0 Å². The van der Waals surface area contributed by atoms with Crippen molar-refractivity contribution in [3.05, 3.63) is 0 Å². The van der Waals surface area contributed by atoms with Crippen molar-refractivity contribution in [2.75, 3.05) is 6.61 Å². The third-order valence-electron chi connectivity index (χ3n) is 2.19. The van der Waals surface area contributed by atoms with E-state index < -0.39 is 30.5 Å². The molecule has 0 bridgehead atoms. The summed E-state index contributed by atoms with van der Waals surface area (Å²) >= 11 is 0. The van der Waals surface area contributed by atoms with E-state index in [0.717, 1.165) is 0 Å². The summed E-state index contributed by atoms with van der Waals surface area (Å²) < 4.78 is 0. The highest BCUT2D eigenvalue weighted by atomic mass is 16.4. The molecule has 0 heterocycles. The second-order valence-corrected chi connectivity index (χ2v) is 3.10. The molecular weight excluding hydrogens is 150 g/mol. The minimum absolute atomic E-state index is 0.0197. The summed E-state index contributed by atoms with van der Waals surface area (Å²) in [5.74, 6) is 0. The fourth-order valence-corrected chi connectivity index (χ4v) is 1.34. The van der Waals surface area contributed by atoms with Gasteiger partial charge in [-0.1, -0.05) is 0 Å². The van der Waals surface area contributed by atoms with Crippen molar-refractivity contribution in [1.82, 2.24) is 0 Å². The molecular formula is C6H13NO4. The zero-order valence-corrected chi connectivity index (χ0v) is 6.01. The standard InChI is InChI=1S/C6H13NO4/c7-6(2-8)1-3(9)4(10)5(6)11/h3-5,8-11H,1-2,7H2/t3-,4-,5+,6-/m0/s1. The predicted octanol–water partition coefficient (Wildman–Crippen LogP) is -2.84. The normalized spacial score (nSPS) is 51.5. The zero-order valence-electron chi connectivity index (χ0n) is 6.01. The highest BCUT2D eigenvalue weighted by Crippen LogP contribution is 2.28. The van der Waals surface area contributed by atoms with Gasteiger partial charge in [-0.2, -0.15) is 0 Å². The van der Waals surface area contributed by atoms with E-state index in [1.165, 1.54) is 0 Å². The zero-order chi connectivity index (χ0) is 8.65. The van der Waals surface area contributed by atoms with Crippen LogP contribution in [0.15, 0.2) is 0 Å². The van der Waals surface area contributed by atoms with E-state index in [-0.39, 0.29) is 6.42 Å². The van der Waals surface area contributed by atoms with Crippen molar-refractivity contribution in [2.45, 2.75) is 30.3 Å². The molecule has 4 atom stereocenters. The molecule has 0 spiro atoms. The summed E-state index contributed by atoms with van der Waals surface area (Å²) in [6, 6.07) is 0. The lowest BCUT2D eigenvalue weighted by Gasteiger charge is -2.25. The number of rotatable bonds is 1.